The quantitative estimate of drug-likeness (QED) is 0.138. The number of carbonyl (C=O) groups is 3. The molecule has 5 atom stereocenters. The van der Waals surface area contributed by atoms with Gasteiger partial charge in [0.15, 0.2) is 11.6 Å². The Morgan fingerprint density at radius 1 is 1.05 bits per heavy atom. The molecule has 62 heavy (non-hydrogen) atoms. The Morgan fingerprint density at radius 2 is 1.84 bits per heavy atom. The lowest BCUT2D eigenvalue weighted by atomic mass is 10.0. The van der Waals surface area contributed by atoms with E-state index in [2.05, 4.69) is 29.2 Å². The van der Waals surface area contributed by atoms with Gasteiger partial charge in [0.25, 0.3) is 5.91 Å². The molecule has 4 heterocycles. The van der Waals surface area contributed by atoms with Gasteiger partial charge in [-0.25, -0.2) is 27.2 Å². The standard InChI is InChI=1S/C45H52F2N6O7S2/c1-25(2)35-24-61-41(50-35)34-21-38(30-14-16-37(59-5)26(3)39(30)49-34)60-29-20-36-40(54)51-45(43(56)52-62(57,58)44(4)17-18-44)22-27(45)11-9-7-6-8-10-12-33(42(55)53(36)23-29)48-28-13-15-31(46)32(47)19-28/h9,11,13-16,19,21,24-25,27,29,33,36,48H,6-8,10,12,17-18,20,22-23H2,1-5H3,(H,51,54)(H,52,56). The number of pyridine rings is 1. The van der Waals surface area contributed by atoms with Gasteiger partial charge in [-0.2, -0.15) is 0 Å². The topological polar surface area (TPSA) is 169 Å². The molecule has 330 valence electrons. The molecule has 0 bridgehead atoms. The van der Waals surface area contributed by atoms with E-state index in [1.807, 2.05) is 42.7 Å². The number of nitrogens with zero attached hydrogens (tertiary/aromatic N) is 3. The maximum absolute atomic E-state index is 14.9. The van der Waals surface area contributed by atoms with Crippen LogP contribution in [0.5, 0.6) is 11.5 Å². The number of allylic oxidation sites excluding steroid dienone is 1. The number of rotatable bonds is 10. The number of aryl methyl sites for hydroxylation is 1. The second-order valence-corrected chi connectivity index (χ2v) is 20.6. The Labute approximate surface area is 364 Å². The van der Waals surface area contributed by atoms with E-state index in [1.54, 1.807) is 14.0 Å². The van der Waals surface area contributed by atoms with Crippen molar-refractivity contribution in [1.29, 1.82) is 0 Å². The third-order valence-electron chi connectivity index (χ3n) is 12.7. The molecule has 17 heteroatoms. The van der Waals surface area contributed by atoms with Crippen molar-refractivity contribution >= 4 is 55.7 Å². The Morgan fingerprint density at radius 3 is 2.55 bits per heavy atom. The SMILES string of the molecule is COc1ccc2c(OC3CC4C(=O)NC5(C(=O)NS(=O)(=O)C6(C)CC6)CC5C=CCCCCCC(Nc5ccc(F)c(F)c5)C(=O)N4C3)cc(-c3nc(C(C)C)cs3)nc2c1C. The fraction of sp³-hybridized carbons (Fsp3) is 0.489. The van der Waals surface area contributed by atoms with Crippen LogP contribution in [-0.4, -0.2) is 83.1 Å². The number of methoxy groups -OCH3 is 1. The largest absolute Gasteiger partial charge is 0.496 e. The van der Waals surface area contributed by atoms with E-state index in [9.17, 15) is 31.6 Å². The summed E-state index contributed by atoms with van der Waals surface area (Å²) < 4.78 is 68.6. The summed E-state index contributed by atoms with van der Waals surface area (Å²) in [6.07, 6.45) is 7.22. The number of hydrogen-bond donors (Lipinski definition) is 3. The summed E-state index contributed by atoms with van der Waals surface area (Å²) in [5, 5.41) is 9.39. The zero-order chi connectivity index (χ0) is 44.1. The number of aromatic nitrogens is 2. The summed E-state index contributed by atoms with van der Waals surface area (Å²) in [5.41, 5.74) is 1.56. The maximum atomic E-state index is 14.9. The van der Waals surface area contributed by atoms with Crippen molar-refractivity contribution in [3.05, 3.63) is 76.8 Å². The van der Waals surface area contributed by atoms with Crippen LogP contribution >= 0.6 is 11.3 Å². The zero-order valence-electron chi connectivity index (χ0n) is 35.4. The first-order chi connectivity index (χ1) is 29.5. The first kappa shape index (κ1) is 43.5. The Balaban J connectivity index is 1.16. The molecule has 2 aliphatic heterocycles. The van der Waals surface area contributed by atoms with Crippen molar-refractivity contribution in [2.45, 2.75) is 120 Å². The molecule has 2 saturated carbocycles. The highest BCUT2D eigenvalue weighted by Crippen LogP contribution is 2.48. The van der Waals surface area contributed by atoms with Crippen LogP contribution in [0.15, 0.2) is 53.9 Å². The summed E-state index contributed by atoms with van der Waals surface area (Å²) in [5.74, 6) is -3.21. The monoisotopic (exact) mass is 890 g/mol. The van der Waals surface area contributed by atoms with E-state index >= 15 is 0 Å². The van der Waals surface area contributed by atoms with Gasteiger partial charge in [-0.1, -0.05) is 38.8 Å². The lowest BCUT2D eigenvalue weighted by Gasteiger charge is -2.30. The smallest absolute Gasteiger partial charge is 0.259 e. The van der Waals surface area contributed by atoms with E-state index in [-0.39, 0.29) is 31.0 Å². The average Bonchev–Trinajstić information content (AvgIpc) is 4.00. The summed E-state index contributed by atoms with van der Waals surface area (Å²) in [6, 6.07) is 6.72. The van der Waals surface area contributed by atoms with Crippen LogP contribution in [-0.2, 0) is 24.4 Å². The van der Waals surface area contributed by atoms with Crippen LogP contribution in [0.3, 0.4) is 0 Å². The number of carbonyl (C=O) groups excluding carboxylic acids is 3. The van der Waals surface area contributed by atoms with Crippen LogP contribution < -0.4 is 24.8 Å². The normalized spacial score (nSPS) is 25.0. The first-order valence-corrected chi connectivity index (χ1v) is 23.6. The van der Waals surface area contributed by atoms with Crippen molar-refractivity contribution in [1.82, 2.24) is 24.9 Å². The van der Waals surface area contributed by atoms with Crippen LogP contribution in [0.25, 0.3) is 21.6 Å². The van der Waals surface area contributed by atoms with Gasteiger partial charge < -0.3 is 25.0 Å². The van der Waals surface area contributed by atoms with E-state index in [0.717, 1.165) is 36.2 Å². The molecule has 4 aromatic rings. The first-order valence-electron chi connectivity index (χ1n) is 21.2. The molecule has 3 fully saturated rings. The number of anilines is 1. The number of thiazole rings is 1. The van der Waals surface area contributed by atoms with Gasteiger partial charge >= 0.3 is 0 Å². The highest BCUT2D eigenvalue weighted by atomic mass is 32.2. The number of ether oxygens (including phenoxy) is 2. The number of fused-ring (bicyclic) bond motifs is 3. The summed E-state index contributed by atoms with van der Waals surface area (Å²) in [6.45, 7) is 7.58. The predicted molar refractivity (Wildman–Crippen MR) is 232 cm³/mol. The van der Waals surface area contributed by atoms with E-state index in [4.69, 9.17) is 19.4 Å². The molecule has 1 saturated heterocycles. The average molecular weight is 891 g/mol. The minimum Gasteiger partial charge on any atom is -0.496 e. The minimum absolute atomic E-state index is 0.0209. The number of benzene rings is 2. The number of amides is 3. The van der Waals surface area contributed by atoms with Gasteiger partial charge in [-0.05, 0) is 82.6 Å². The lowest BCUT2D eigenvalue weighted by molar-refractivity contribution is -0.140. The van der Waals surface area contributed by atoms with E-state index in [0.29, 0.717) is 65.2 Å². The molecule has 0 radical (unpaired) electrons. The van der Waals surface area contributed by atoms with Gasteiger partial charge in [-0.15, -0.1) is 11.3 Å². The maximum Gasteiger partial charge on any atom is 0.259 e. The second kappa shape index (κ2) is 16.8. The number of sulfonamides is 1. The molecule has 2 aromatic heterocycles. The number of halogens is 2. The number of hydrogen-bond acceptors (Lipinski definition) is 11. The van der Waals surface area contributed by atoms with Crippen LogP contribution in [0.2, 0.25) is 0 Å². The van der Waals surface area contributed by atoms with Crippen molar-refractivity contribution in [2.24, 2.45) is 5.92 Å². The van der Waals surface area contributed by atoms with E-state index in [1.165, 1.54) is 22.3 Å². The summed E-state index contributed by atoms with van der Waals surface area (Å²) in [4.78, 5) is 54.9. The molecule has 2 aromatic carbocycles. The fourth-order valence-electron chi connectivity index (χ4n) is 8.39. The molecule has 13 nitrogen and oxygen atoms in total. The predicted octanol–water partition coefficient (Wildman–Crippen LogP) is 7.30. The molecule has 8 rings (SSSR count). The highest BCUT2D eigenvalue weighted by Gasteiger charge is 2.63. The van der Waals surface area contributed by atoms with Gasteiger partial charge in [0.2, 0.25) is 21.8 Å². The molecule has 3 N–H and O–H groups in total. The molecule has 2 aliphatic carbocycles. The molecular weight excluding hydrogens is 839 g/mol. The third kappa shape index (κ3) is 8.49. The third-order valence-corrected chi connectivity index (χ3v) is 15.8. The van der Waals surface area contributed by atoms with Crippen molar-refractivity contribution in [3.8, 4) is 22.2 Å². The summed E-state index contributed by atoms with van der Waals surface area (Å²) in [7, 11) is -2.44. The Bertz CT molecular complexity index is 2560. The van der Waals surface area contributed by atoms with Gasteiger partial charge in [0.1, 0.15) is 45.9 Å². The zero-order valence-corrected chi connectivity index (χ0v) is 37.1. The summed E-state index contributed by atoms with van der Waals surface area (Å²) >= 11 is 1.46. The molecular formula is C45H52F2N6O7S2. The van der Waals surface area contributed by atoms with Crippen LogP contribution in [0, 0.1) is 24.5 Å². The van der Waals surface area contributed by atoms with Crippen LogP contribution in [0.1, 0.15) is 95.7 Å². The van der Waals surface area contributed by atoms with E-state index < -0.39 is 73.8 Å². The van der Waals surface area contributed by atoms with Crippen molar-refractivity contribution in [3.63, 3.8) is 0 Å². The lowest BCUT2D eigenvalue weighted by Crippen LogP contribution is -2.58. The second-order valence-electron chi connectivity index (χ2n) is 17.6. The Hall–Kier alpha value is -5.16. The minimum atomic E-state index is -4.03. The molecule has 5 unspecified atom stereocenters. The van der Waals surface area contributed by atoms with Gasteiger partial charge in [0, 0.05) is 46.5 Å². The number of nitrogens with one attached hydrogen (secondary N) is 3. The highest BCUT2D eigenvalue weighted by molar-refractivity contribution is 7.91. The van der Waals surface area contributed by atoms with Gasteiger partial charge in [0.05, 0.1) is 29.6 Å². The van der Waals surface area contributed by atoms with Crippen LogP contribution in [0.4, 0.5) is 14.5 Å². The van der Waals surface area contributed by atoms with Crippen molar-refractivity contribution < 1.29 is 41.1 Å². The Kier molecular flexibility index (Phi) is 11.8. The molecule has 3 amide bonds. The fourth-order valence-corrected chi connectivity index (χ4v) is 10.6. The van der Waals surface area contributed by atoms with Gasteiger partial charge in [-0.3, -0.25) is 19.1 Å². The van der Waals surface area contributed by atoms with Crippen molar-refractivity contribution in [2.75, 3.05) is 19.0 Å². The molecule has 4 aliphatic rings. The molecule has 0 spiro atoms.